The van der Waals surface area contributed by atoms with E-state index in [1.54, 1.807) is 18.2 Å². The van der Waals surface area contributed by atoms with E-state index >= 15 is 0 Å². The summed E-state index contributed by atoms with van der Waals surface area (Å²) < 4.78 is 70.6. The van der Waals surface area contributed by atoms with Gasteiger partial charge in [-0.1, -0.05) is 12.0 Å². The van der Waals surface area contributed by atoms with Crippen molar-refractivity contribution in [2.24, 2.45) is 0 Å². The van der Waals surface area contributed by atoms with Crippen molar-refractivity contribution in [3.63, 3.8) is 0 Å². The lowest BCUT2D eigenvalue weighted by Crippen LogP contribution is -2.36. The minimum Gasteiger partial charge on any atom is -0.479 e. The van der Waals surface area contributed by atoms with Gasteiger partial charge < -0.3 is 25.3 Å². The molecule has 1 aliphatic rings. The van der Waals surface area contributed by atoms with Crippen molar-refractivity contribution in [1.82, 2.24) is 9.47 Å². The number of aromatic nitrogens is 1. The molecule has 7 nitrogen and oxygen atoms in total. The molecule has 3 aromatic rings. The van der Waals surface area contributed by atoms with Crippen molar-refractivity contribution in [2.75, 3.05) is 38.0 Å². The number of alkyl halides is 3. The Hall–Kier alpha value is -3.36. The molecule has 11 heteroatoms. The molecule has 1 saturated carbocycles. The fourth-order valence-electron chi connectivity index (χ4n) is 4.95. The van der Waals surface area contributed by atoms with Crippen LogP contribution in [0.1, 0.15) is 31.4 Å². The molecular formula is C28H33F3N4O3S. The molecule has 3 N–H and O–H groups in total. The number of nitrogens with one attached hydrogen (secondary N) is 1. The summed E-state index contributed by atoms with van der Waals surface area (Å²) in [5, 5.41) is 4.24. The molecular weight excluding hydrogens is 529 g/mol. The second-order valence-electron chi connectivity index (χ2n) is 10.1. The first-order chi connectivity index (χ1) is 18.3. The summed E-state index contributed by atoms with van der Waals surface area (Å²) in [7, 11) is 0.746. The predicted octanol–water partition coefficient (Wildman–Crippen LogP) is 4.90. The minimum absolute atomic E-state index is 0.0604. The zero-order chi connectivity index (χ0) is 28.4. The number of hydrogen-bond acceptors (Lipinski definition) is 6. The number of benzene rings is 2. The molecule has 0 bridgehead atoms. The number of hydrogen-bond donors (Lipinski definition) is 2. The summed E-state index contributed by atoms with van der Waals surface area (Å²) in [4.78, 5) is 2.30. The van der Waals surface area contributed by atoms with E-state index in [-0.39, 0.29) is 34.7 Å². The average molecular weight is 563 g/mol. The second kappa shape index (κ2) is 11.4. The normalized spacial score (nSPS) is 18.1. The van der Waals surface area contributed by atoms with Gasteiger partial charge in [-0.25, -0.2) is 8.42 Å². The van der Waals surface area contributed by atoms with E-state index in [9.17, 15) is 21.6 Å². The highest BCUT2D eigenvalue weighted by atomic mass is 32.2. The number of halogens is 3. The lowest BCUT2D eigenvalue weighted by atomic mass is 9.90. The Morgan fingerprint density at radius 1 is 1.13 bits per heavy atom. The van der Waals surface area contributed by atoms with Gasteiger partial charge in [-0.05, 0) is 82.1 Å². The van der Waals surface area contributed by atoms with Gasteiger partial charge in [-0.15, -0.1) is 0 Å². The van der Waals surface area contributed by atoms with Gasteiger partial charge in [0.05, 0.1) is 21.8 Å². The number of ether oxygens (including phenoxy) is 1. The number of rotatable bonds is 7. The van der Waals surface area contributed by atoms with Crippen LogP contribution < -0.4 is 15.8 Å². The number of nitrogens with two attached hydrogens (primary N) is 1. The molecule has 1 aromatic heterocycles. The molecule has 0 radical (unpaired) electrons. The molecule has 1 aliphatic carbocycles. The third-order valence-electron chi connectivity index (χ3n) is 7.00. The summed E-state index contributed by atoms with van der Waals surface area (Å²) in [5.41, 5.74) is 7.48. The Morgan fingerprint density at radius 3 is 2.46 bits per heavy atom. The molecule has 210 valence electrons. The number of fused-ring (bicyclic) bond motifs is 1. The maximum atomic E-state index is 13.5. The average Bonchev–Trinajstić information content (AvgIpc) is 3.19. The Labute approximate surface area is 227 Å². The van der Waals surface area contributed by atoms with Crippen LogP contribution in [0, 0.1) is 11.8 Å². The van der Waals surface area contributed by atoms with E-state index in [4.69, 9.17) is 10.5 Å². The molecule has 4 rings (SSSR count). The van der Waals surface area contributed by atoms with Crippen molar-refractivity contribution < 1.29 is 26.3 Å². The largest absolute Gasteiger partial charge is 0.479 e. The lowest BCUT2D eigenvalue weighted by Gasteiger charge is -2.33. The number of nitrogen functional groups attached to an aromatic ring is 1. The third-order valence-corrected chi connectivity index (χ3v) is 8.11. The lowest BCUT2D eigenvalue weighted by molar-refractivity contribution is -0.140. The first-order valence-electron chi connectivity index (χ1n) is 12.6. The maximum absolute atomic E-state index is 13.5. The van der Waals surface area contributed by atoms with Gasteiger partial charge in [-0.3, -0.25) is 0 Å². The third kappa shape index (κ3) is 7.19. The molecule has 0 aliphatic heterocycles. The van der Waals surface area contributed by atoms with Gasteiger partial charge in [0.25, 0.3) is 0 Å². The summed E-state index contributed by atoms with van der Waals surface area (Å²) >= 11 is 0. The Balaban J connectivity index is 1.56. The van der Waals surface area contributed by atoms with Crippen LogP contribution in [-0.2, 0) is 16.4 Å². The highest BCUT2D eigenvalue weighted by Crippen LogP contribution is 2.32. The molecule has 1 heterocycles. The number of nitrogens with zero attached hydrogens (tertiary/aromatic N) is 2. The minimum atomic E-state index is -4.43. The first-order valence-corrected chi connectivity index (χ1v) is 14.5. The zero-order valence-corrected chi connectivity index (χ0v) is 23.0. The summed E-state index contributed by atoms with van der Waals surface area (Å²) in [6, 6.07) is 11.9. The fraction of sp³-hybridized carbons (Fsp3) is 0.429. The summed E-state index contributed by atoms with van der Waals surface area (Å²) in [5.74, 6) is 5.82. The highest BCUT2D eigenvalue weighted by molar-refractivity contribution is 7.90. The number of anilines is 2. The van der Waals surface area contributed by atoms with E-state index in [0.29, 0.717) is 16.9 Å². The van der Waals surface area contributed by atoms with Gasteiger partial charge >= 0.3 is 6.18 Å². The summed E-state index contributed by atoms with van der Waals surface area (Å²) in [6.45, 7) is -1.31. The molecule has 39 heavy (non-hydrogen) atoms. The molecule has 1 fully saturated rings. The highest BCUT2D eigenvalue weighted by Gasteiger charge is 2.30. The summed E-state index contributed by atoms with van der Waals surface area (Å²) in [6.07, 6.45) is 0.747. The van der Waals surface area contributed by atoms with Crippen LogP contribution in [0.5, 0.6) is 5.75 Å². The first kappa shape index (κ1) is 28.6. The van der Waals surface area contributed by atoms with Gasteiger partial charge in [0, 0.05) is 29.4 Å². The SMILES string of the molecule is CN(C)[C@H]1CC[C@H](Nc2cccc3c2cc(C#CCOc2ccc(S(C)(=O)=O)cc2N)n3CC(F)(F)F)CC1. The Kier molecular flexibility index (Phi) is 8.37. The topological polar surface area (TPSA) is 89.6 Å². The van der Waals surface area contributed by atoms with E-state index in [2.05, 4.69) is 36.2 Å². The van der Waals surface area contributed by atoms with Gasteiger partial charge in [0.1, 0.15) is 18.9 Å². The maximum Gasteiger partial charge on any atom is 0.406 e. The molecule has 0 atom stereocenters. The Bertz CT molecular complexity index is 1500. The van der Waals surface area contributed by atoms with Crippen LogP contribution in [0.25, 0.3) is 10.9 Å². The quantitative estimate of drug-likeness (QED) is 0.315. The monoisotopic (exact) mass is 562 g/mol. The number of sulfone groups is 1. The van der Waals surface area contributed by atoms with E-state index < -0.39 is 22.6 Å². The molecule has 2 aromatic carbocycles. The van der Waals surface area contributed by atoms with Crippen molar-refractivity contribution in [3.8, 4) is 17.6 Å². The van der Waals surface area contributed by atoms with Crippen LogP contribution >= 0.6 is 0 Å². The van der Waals surface area contributed by atoms with E-state index in [1.807, 2.05) is 6.07 Å². The molecule has 0 saturated heterocycles. The van der Waals surface area contributed by atoms with Crippen molar-refractivity contribution in [1.29, 1.82) is 0 Å². The second-order valence-corrected chi connectivity index (χ2v) is 12.2. The van der Waals surface area contributed by atoms with Gasteiger partial charge in [-0.2, -0.15) is 13.2 Å². The van der Waals surface area contributed by atoms with Crippen LogP contribution in [0.15, 0.2) is 47.4 Å². The van der Waals surface area contributed by atoms with Crippen molar-refractivity contribution in [2.45, 2.75) is 55.4 Å². The van der Waals surface area contributed by atoms with E-state index in [0.717, 1.165) is 37.6 Å². The predicted molar refractivity (Wildman–Crippen MR) is 148 cm³/mol. The fourth-order valence-corrected chi connectivity index (χ4v) is 5.61. The standard InChI is InChI=1S/C28H33F3N4O3S/c1-34(2)20-11-9-19(10-12-20)33-25-7-4-8-26-23(25)16-21(35(26)18-28(29,30)31)6-5-15-38-27-14-13-22(17-24(27)32)39(3,36)37/h4,7-8,13-14,16-17,19-20,33H,9-12,15,18,32H2,1-3H3/t19-,20-. The van der Waals surface area contributed by atoms with Crippen molar-refractivity contribution in [3.05, 3.63) is 48.2 Å². The van der Waals surface area contributed by atoms with Crippen LogP contribution in [0.3, 0.4) is 0 Å². The molecule has 0 unspecified atom stereocenters. The molecule has 0 spiro atoms. The van der Waals surface area contributed by atoms with Gasteiger partial charge in [0.2, 0.25) is 0 Å². The zero-order valence-electron chi connectivity index (χ0n) is 22.2. The smallest absolute Gasteiger partial charge is 0.406 e. The van der Waals surface area contributed by atoms with Crippen LogP contribution in [0.2, 0.25) is 0 Å². The van der Waals surface area contributed by atoms with Crippen molar-refractivity contribution >= 4 is 32.1 Å². The van der Waals surface area contributed by atoms with Crippen LogP contribution in [0.4, 0.5) is 24.5 Å². The van der Waals surface area contributed by atoms with Crippen LogP contribution in [-0.4, -0.2) is 63.1 Å². The molecule has 0 amide bonds. The Morgan fingerprint density at radius 2 is 1.85 bits per heavy atom. The van der Waals surface area contributed by atoms with Gasteiger partial charge in [0.15, 0.2) is 9.84 Å². The van der Waals surface area contributed by atoms with E-state index in [1.165, 1.54) is 22.8 Å².